The summed E-state index contributed by atoms with van der Waals surface area (Å²) in [5, 5.41) is 6.75. The molecule has 2 aromatic carbocycles. The van der Waals surface area contributed by atoms with Crippen molar-refractivity contribution in [3.63, 3.8) is 0 Å². The maximum Gasteiger partial charge on any atom is 0.127 e. The van der Waals surface area contributed by atoms with E-state index in [1.807, 2.05) is 6.07 Å². The van der Waals surface area contributed by atoms with Crippen LogP contribution < -0.4 is 10.6 Å². The van der Waals surface area contributed by atoms with Crippen molar-refractivity contribution in [2.45, 2.75) is 20.8 Å². The highest BCUT2D eigenvalue weighted by molar-refractivity contribution is 5.70. The van der Waals surface area contributed by atoms with Crippen molar-refractivity contribution in [3.05, 3.63) is 54.1 Å². The van der Waals surface area contributed by atoms with Crippen molar-refractivity contribution in [1.82, 2.24) is 4.90 Å². The van der Waals surface area contributed by atoms with Gasteiger partial charge in [0.2, 0.25) is 0 Å². The minimum atomic E-state index is 0.727. The Morgan fingerprint density at radius 1 is 0.957 bits per heavy atom. The number of rotatable bonds is 7. The Balaban J connectivity index is 0.00000127. The first-order valence-electron chi connectivity index (χ1n) is 8.07. The maximum absolute atomic E-state index is 6.75. The Hall–Kier alpha value is -1.88. The first-order chi connectivity index (χ1) is 11.2. The molecule has 2 aromatic rings. The van der Waals surface area contributed by atoms with Gasteiger partial charge < -0.3 is 9.64 Å². The summed E-state index contributed by atoms with van der Waals surface area (Å²) in [4.78, 5) is 2.37. The summed E-state index contributed by atoms with van der Waals surface area (Å²) >= 11 is 0. The van der Waals surface area contributed by atoms with Gasteiger partial charge >= 0.3 is 0 Å². The van der Waals surface area contributed by atoms with Crippen molar-refractivity contribution in [3.8, 4) is 16.9 Å². The van der Waals surface area contributed by atoms with Crippen molar-refractivity contribution < 1.29 is 15.8 Å². The number of aryl methyl sites for hydroxylation is 1. The number of nitrogens with zero attached hydrogens (tertiary/aromatic N) is 1. The number of hydrogen-bond acceptors (Lipinski definition) is 3. The van der Waals surface area contributed by atoms with Crippen LogP contribution in [-0.2, 0) is 0 Å². The quantitative estimate of drug-likeness (QED) is 0.772. The zero-order valence-electron chi connectivity index (χ0n) is 14.5. The van der Waals surface area contributed by atoms with Gasteiger partial charge in [0, 0.05) is 12.1 Å². The van der Waals surface area contributed by atoms with Gasteiger partial charge in [-0.1, -0.05) is 61.9 Å². The third-order valence-corrected chi connectivity index (χ3v) is 3.81. The predicted molar refractivity (Wildman–Crippen MR) is 94.6 cm³/mol. The van der Waals surface area contributed by atoms with Gasteiger partial charge in [-0.3, -0.25) is 0 Å². The summed E-state index contributed by atoms with van der Waals surface area (Å²) in [6.45, 7) is 10.3. The van der Waals surface area contributed by atoms with Crippen molar-refractivity contribution in [1.29, 1.82) is 0 Å². The van der Waals surface area contributed by atoms with Gasteiger partial charge in [-0.15, -0.1) is 0 Å². The highest BCUT2D eigenvalue weighted by Gasteiger charge is 2.06. The molecule has 0 saturated carbocycles. The third kappa shape index (κ3) is 6.02. The van der Waals surface area contributed by atoms with Crippen molar-refractivity contribution in [2.24, 2.45) is 0 Å². The molecule has 126 valence electrons. The molecule has 23 heavy (non-hydrogen) atoms. The smallest absolute Gasteiger partial charge is 0.127 e. The molecule has 0 spiro atoms. The molecule has 0 heterocycles. The monoisotopic (exact) mass is 317 g/mol. The van der Waals surface area contributed by atoms with Crippen LogP contribution in [0.25, 0.3) is 11.1 Å². The van der Waals surface area contributed by atoms with Gasteiger partial charge in [0.05, 0.1) is 0 Å². The number of likely N-dealkylation sites (N-methyl/N-ethyl adjacent to an activating group) is 1. The van der Waals surface area contributed by atoms with Crippen LogP contribution >= 0.6 is 0 Å². The molecule has 0 unspecified atom stereocenters. The normalized spacial score (nSPS) is 10.2. The molecule has 0 saturated heterocycles. The molecule has 4 nitrogen and oxygen atoms in total. The second-order valence-corrected chi connectivity index (χ2v) is 5.24. The Morgan fingerprint density at radius 3 is 2.17 bits per heavy atom. The number of ether oxygens (including phenoxy) is 1. The lowest BCUT2D eigenvalue weighted by Gasteiger charge is -2.19. The summed E-state index contributed by atoms with van der Waals surface area (Å²) in [5.41, 5.74) is 3.65. The van der Waals surface area contributed by atoms with E-state index in [0.717, 1.165) is 37.6 Å². The average Bonchev–Trinajstić information content (AvgIpc) is 2.62. The molecule has 0 radical (unpaired) electrons. The van der Waals surface area contributed by atoms with E-state index in [9.17, 15) is 0 Å². The van der Waals surface area contributed by atoms with E-state index in [0.29, 0.717) is 0 Å². The van der Waals surface area contributed by atoms with Gasteiger partial charge in [-0.05, 0) is 31.6 Å². The lowest BCUT2D eigenvalue weighted by Crippen LogP contribution is -2.42. The van der Waals surface area contributed by atoms with E-state index in [-0.39, 0.29) is 0 Å². The Bertz CT molecular complexity index is 552. The first-order valence-corrected chi connectivity index (χ1v) is 8.07. The summed E-state index contributed by atoms with van der Waals surface area (Å²) in [5.74, 6) is 3.22. The fourth-order valence-electron chi connectivity index (χ4n) is 2.39. The zero-order chi connectivity index (χ0) is 17.1. The molecular formula is C19H29N2O2+. The van der Waals surface area contributed by atoms with Crippen LogP contribution in [0.3, 0.4) is 0 Å². The second kappa shape index (κ2) is 10.8. The molecule has 0 aromatic heterocycles. The molecule has 2 rings (SSSR count). The third-order valence-electron chi connectivity index (χ3n) is 3.81. The summed E-state index contributed by atoms with van der Waals surface area (Å²) in [6.07, 6.45) is 0. The number of quaternary nitrogens is 1. The van der Waals surface area contributed by atoms with Gasteiger partial charge in [0.15, 0.2) is 0 Å². The van der Waals surface area contributed by atoms with Crippen LogP contribution in [0, 0.1) is 6.92 Å². The largest absolute Gasteiger partial charge is 0.492 e. The number of hydrogen-bond donors (Lipinski definition) is 2. The maximum atomic E-state index is 6.75. The number of para-hydroxylation sites is 1. The summed E-state index contributed by atoms with van der Waals surface area (Å²) in [7, 11) is 0. The van der Waals surface area contributed by atoms with E-state index < -0.39 is 0 Å². The molecule has 0 aliphatic rings. The van der Waals surface area contributed by atoms with Crippen LogP contribution in [0.1, 0.15) is 19.4 Å². The molecule has 0 bridgehead atoms. The van der Waals surface area contributed by atoms with Gasteiger partial charge in [-0.2, -0.15) is 0 Å². The average molecular weight is 317 g/mol. The van der Waals surface area contributed by atoms with Gasteiger partial charge in [0.25, 0.3) is 0 Å². The first kappa shape index (κ1) is 19.2. The van der Waals surface area contributed by atoms with Crippen molar-refractivity contribution in [2.75, 3.05) is 26.2 Å². The summed E-state index contributed by atoms with van der Waals surface area (Å²) in [6, 6.07) is 16.9. The highest BCUT2D eigenvalue weighted by Crippen LogP contribution is 2.29. The Morgan fingerprint density at radius 2 is 1.57 bits per heavy atom. The van der Waals surface area contributed by atoms with Crippen LogP contribution in [0.5, 0.6) is 5.75 Å². The Labute approximate surface area is 139 Å². The van der Waals surface area contributed by atoms with E-state index in [4.69, 9.17) is 9.94 Å². The van der Waals surface area contributed by atoms with Crippen molar-refractivity contribution >= 4 is 0 Å². The Kier molecular flexibility index (Phi) is 8.98. The van der Waals surface area contributed by atoms with E-state index >= 15 is 0 Å². The fourth-order valence-corrected chi connectivity index (χ4v) is 2.39. The standard InChI is InChI=1S/C19H25NO.H4NO/c1-4-20(5-2)14-15-21-19-9-7-6-8-18(19)17-12-10-16(3)11-13-17;1-2/h6-13H,4-5,14-15H2,1-3H3;2H,1H3/q;+1. The van der Waals surface area contributed by atoms with E-state index in [1.165, 1.54) is 11.1 Å². The van der Waals surface area contributed by atoms with Crippen LogP contribution in [0.4, 0.5) is 0 Å². The lowest BCUT2D eigenvalue weighted by molar-refractivity contribution is -0.670. The topological polar surface area (TPSA) is 60.3 Å². The molecular weight excluding hydrogens is 288 g/mol. The minimum absolute atomic E-state index is 0.727. The SMILES string of the molecule is CCN(CC)CCOc1ccccc1-c1ccc(C)cc1.[NH3+]O. The molecule has 0 amide bonds. The fraction of sp³-hybridized carbons (Fsp3) is 0.368. The summed E-state index contributed by atoms with van der Waals surface area (Å²) < 4.78 is 6.01. The molecule has 4 heteroatoms. The van der Waals surface area contributed by atoms with Crippen LogP contribution in [-0.4, -0.2) is 36.3 Å². The minimum Gasteiger partial charge on any atom is -0.492 e. The predicted octanol–water partition coefficient (Wildman–Crippen LogP) is 3.00. The van der Waals surface area contributed by atoms with E-state index in [2.05, 4.69) is 74.0 Å². The molecule has 0 aliphatic carbocycles. The van der Waals surface area contributed by atoms with Crippen LogP contribution in [0.2, 0.25) is 0 Å². The van der Waals surface area contributed by atoms with Crippen LogP contribution in [0.15, 0.2) is 48.5 Å². The molecule has 0 aliphatic heterocycles. The lowest BCUT2D eigenvalue weighted by atomic mass is 10.0. The molecule has 0 atom stereocenters. The number of benzene rings is 2. The molecule has 0 fully saturated rings. The highest BCUT2D eigenvalue weighted by atomic mass is 16.5. The van der Waals surface area contributed by atoms with E-state index in [1.54, 1.807) is 0 Å². The second-order valence-electron chi connectivity index (χ2n) is 5.24. The van der Waals surface area contributed by atoms with Gasteiger partial charge in [-0.25, -0.2) is 11.1 Å². The van der Waals surface area contributed by atoms with Gasteiger partial charge in [0.1, 0.15) is 12.4 Å². The molecule has 4 N–H and O–H groups in total. The zero-order valence-corrected chi connectivity index (χ0v) is 14.5.